The Balaban J connectivity index is 1.48. The van der Waals surface area contributed by atoms with E-state index in [0.29, 0.717) is 26.1 Å². The molecule has 1 aromatic carbocycles. The van der Waals surface area contributed by atoms with Gasteiger partial charge in [0.2, 0.25) is 0 Å². The third-order valence-electron chi connectivity index (χ3n) is 6.62. The lowest BCUT2D eigenvalue weighted by atomic mass is 9.98. The van der Waals surface area contributed by atoms with Crippen molar-refractivity contribution >= 4 is 12.1 Å². The number of aromatic nitrogens is 2. The number of nitrogens with one attached hydrogen (secondary N) is 1. The Morgan fingerprint density at radius 3 is 2.80 bits per heavy atom. The van der Waals surface area contributed by atoms with E-state index in [9.17, 15) is 9.59 Å². The Kier molecular flexibility index (Phi) is 7.79. The van der Waals surface area contributed by atoms with Crippen molar-refractivity contribution in [3.8, 4) is 5.69 Å². The van der Waals surface area contributed by atoms with E-state index in [1.165, 1.54) is 5.56 Å². The van der Waals surface area contributed by atoms with Gasteiger partial charge in [-0.1, -0.05) is 31.5 Å². The topological polar surface area (TPSA) is 85.7 Å². The molecule has 1 fully saturated rings. The molecular formula is C27H38N4O4. The number of para-hydroxylation sites is 1. The van der Waals surface area contributed by atoms with Crippen molar-refractivity contribution in [3.63, 3.8) is 0 Å². The number of esters is 1. The maximum absolute atomic E-state index is 13.2. The van der Waals surface area contributed by atoms with Crippen molar-refractivity contribution in [3.05, 3.63) is 47.5 Å². The Bertz CT molecular complexity index is 1040. The van der Waals surface area contributed by atoms with Crippen LogP contribution in [0.25, 0.3) is 5.69 Å². The highest BCUT2D eigenvalue weighted by molar-refractivity contribution is 5.76. The molecule has 8 heteroatoms. The number of nitrogens with zero attached hydrogens (tertiary/aromatic N) is 3. The summed E-state index contributed by atoms with van der Waals surface area (Å²) in [4.78, 5) is 32.3. The highest BCUT2D eigenvalue weighted by atomic mass is 16.6. The van der Waals surface area contributed by atoms with Gasteiger partial charge in [-0.15, -0.1) is 0 Å². The van der Waals surface area contributed by atoms with E-state index in [2.05, 4.69) is 39.9 Å². The van der Waals surface area contributed by atoms with Crippen molar-refractivity contribution in [2.45, 2.75) is 83.9 Å². The molecule has 2 atom stereocenters. The van der Waals surface area contributed by atoms with Gasteiger partial charge in [0.25, 0.3) is 0 Å². The minimum Gasteiger partial charge on any atom is -0.465 e. The van der Waals surface area contributed by atoms with Crippen LogP contribution in [-0.2, 0) is 33.5 Å². The third-order valence-corrected chi connectivity index (χ3v) is 6.62. The van der Waals surface area contributed by atoms with E-state index in [1.807, 2.05) is 33.2 Å². The van der Waals surface area contributed by atoms with Gasteiger partial charge in [-0.2, -0.15) is 0 Å². The number of imidazole rings is 1. The van der Waals surface area contributed by atoms with E-state index in [1.54, 1.807) is 0 Å². The van der Waals surface area contributed by atoms with Crippen molar-refractivity contribution in [1.29, 1.82) is 0 Å². The maximum atomic E-state index is 13.2. The number of unbranched alkanes of at least 4 members (excludes halogenated alkanes) is 1. The fourth-order valence-electron chi connectivity index (χ4n) is 4.88. The molecule has 0 bridgehead atoms. The maximum Gasteiger partial charge on any atom is 0.407 e. The lowest BCUT2D eigenvalue weighted by Crippen LogP contribution is -2.46. The minimum atomic E-state index is -0.549. The zero-order chi connectivity index (χ0) is 25.0. The zero-order valence-electron chi connectivity index (χ0n) is 21.4. The largest absolute Gasteiger partial charge is 0.465 e. The quantitative estimate of drug-likeness (QED) is 0.455. The molecule has 190 valence electrons. The van der Waals surface area contributed by atoms with Crippen LogP contribution in [0.1, 0.15) is 63.9 Å². The molecule has 35 heavy (non-hydrogen) atoms. The summed E-state index contributed by atoms with van der Waals surface area (Å²) in [6, 6.07) is 7.89. The van der Waals surface area contributed by atoms with Crippen LogP contribution < -0.4 is 5.32 Å². The fraction of sp³-hybridized carbons (Fsp3) is 0.593. The molecule has 8 nitrogen and oxygen atoms in total. The van der Waals surface area contributed by atoms with Crippen LogP contribution in [0, 0.1) is 0 Å². The average molecular weight is 483 g/mol. The molecule has 2 aromatic rings. The Morgan fingerprint density at radius 1 is 1.23 bits per heavy atom. The standard InChI is InChI=1S/C27H38N4O4/c1-5-6-15-34-25(32)24(30-14-13-20(17-30)29-26(33)35-27(2,3)4)16-21-23-12-11-19-9-7-8-10-22(19)31(23)18-28-21/h7-10,18,20,24H,5-6,11-17H2,1-4H3,(H,29,33)/t20-,24-/m0/s1. The molecule has 1 saturated heterocycles. The molecule has 0 spiro atoms. The third kappa shape index (κ3) is 6.23. The first-order valence-corrected chi connectivity index (χ1v) is 12.8. The number of hydrogen-bond donors (Lipinski definition) is 1. The van der Waals surface area contributed by atoms with Crippen LogP contribution >= 0.6 is 0 Å². The number of fused-ring (bicyclic) bond motifs is 3. The molecule has 1 N–H and O–H groups in total. The van der Waals surface area contributed by atoms with Gasteiger partial charge >= 0.3 is 12.1 Å². The summed E-state index contributed by atoms with van der Waals surface area (Å²) < 4.78 is 13.2. The van der Waals surface area contributed by atoms with Crippen LogP contribution in [0.4, 0.5) is 4.79 Å². The van der Waals surface area contributed by atoms with Crippen LogP contribution in [0.5, 0.6) is 0 Å². The monoisotopic (exact) mass is 482 g/mol. The first kappa shape index (κ1) is 25.2. The number of carbonyl (C=O) groups excluding carboxylic acids is 2. The molecule has 2 aliphatic heterocycles. The van der Waals surface area contributed by atoms with Crippen molar-refractivity contribution in [2.24, 2.45) is 0 Å². The Hall–Kier alpha value is -2.87. The fourth-order valence-corrected chi connectivity index (χ4v) is 4.88. The summed E-state index contributed by atoms with van der Waals surface area (Å²) in [7, 11) is 0. The number of amides is 1. The first-order valence-electron chi connectivity index (χ1n) is 12.8. The summed E-state index contributed by atoms with van der Waals surface area (Å²) in [5, 5.41) is 2.96. The van der Waals surface area contributed by atoms with Crippen molar-refractivity contribution in [1.82, 2.24) is 19.8 Å². The second-order valence-electron chi connectivity index (χ2n) is 10.5. The molecule has 4 rings (SSSR count). The van der Waals surface area contributed by atoms with E-state index >= 15 is 0 Å². The number of hydrogen-bond acceptors (Lipinski definition) is 6. The van der Waals surface area contributed by atoms with E-state index in [-0.39, 0.29) is 12.0 Å². The van der Waals surface area contributed by atoms with Gasteiger partial charge in [-0.3, -0.25) is 9.69 Å². The summed E-state index contributed by atoms with van der Waals surface area (Å²) in [6.45, 7) is 9.32. The van der Waals surface area contributed by atoms with Gasteiger partial charge in [0.1, 0.15) is 11.6 Å². The molecule has 1 aromatic heterocycles. The lowest BCUT2D eigenvalue weighted by Gasteiger charge is -2.27. The highest BCUT2D eigenvalue weighted by Crippen LogP contribution is 2.28. The molecule has 0 aliphatic carbocycles. The smallest absolute Gasteiger partial charge is 0.407 e. The second kappa shape index (κ2) is 10.8. The zero-order valence-corrected chi connectivity index (χ0v) is 21.4. The average Bonchev–Trinajstić information content (AvgIpc) is 3.43. The Morgan fingerprint density at radius 2 is 2.03 bits per heavy atom. The van der Waals surface area contributed by atoms with Gasteiger partial charge in [0.05, 0.1) is 18.6 Å². The normalized spacial score (nSPS) is 18.5. The number of aryl methyl sites for hydroxylation is 1. The van der Waals surface area contributed by atoms with Crippen LogP contribution in [0.15, 0.2) is 30.6 Å². The number of alkyl carbamates (subject to hydrolysis) is 1. The van der Waals surface area contributed by atoms with Gasteiger partial charge < -0.3 is 19.4 Å². The first-order chi connectivity index (χ1) is 16.7. The highest BCUT2D eigenvalue weighted by Gasteiger charge is 2.36. The van der Waals surface area contributed by atoms with Gasteiger partial charge in [0.15, 0.2) is 0 Å². The summed E-state index contributed by atoms with van der Waals surface area (Å²) in [6.07, 6.45) is 6.38. The van der Waals surface area contributed by atoms with E-state index < -0.39 is 17.7 Å². The number of benzene rings is 1. The van der Waals surface area contributed by atoms with E-state index in [0.717, 1.165) is 49.2 Å². The number of rotatable bonds is 8. The summed E-state index contributed by atoms with van der Waals surface area (Å²) in [5.41, 5.74) is 4.04. The summed E-state index contributed by atoms with van der Waals surface area (Å²) >= 11 is 0. The molecule has 3 heterocycles. The number of carbonyl (C=O) groups is 2. The van der Waals surface area contributed by atoms with Crippen LogP contribution in [0.3, 0.4) is 0 Å². The predicted molar refractivity (Wildman–Crippen MR) is 134 cm³/mol. The molecule has 0 radical (unpaired) electrons. The van der Waals surface area contributed by atoms with Gasteiger partial charge in [-0.05, 0) is 58.1 Å². The molecule has 0 unspecified atom stereocenters. The minimum absolute atomic E-state index is 0.0708. The van der Waals surface area contributed by atoms with Gasteiger partial charge in [-0.25, -0.2) is 9.78 Å². The SMILES string of the molecule is CCCCOC(=O)[C@H](Cc1ncn2c1CCc1ccccc1-2)N1CC[C@H](NC(=O)OC(C)(C)C)C1. The molecule has 1 amide bonds. The lowest BCUT2D eigenvalue weighted by molar-refractivity contribution is -0.149. The summed E-state index contributed by atoms with van der Waals surface area (Å²) in [5.74, 6) is -0.214. The molecular weight excluding hydrogens is 444 g/mol. The molecule has 2 aliphatic rings. The van der Waals surface area contributed by atoms with Crippen molar-refractivity contribution < 1.29 is 19.1 Å². The van der Waals surface area contributed by atoms with Crippen molar-refractivity contribution in [2.75, 3.05) is 19.7 Å². The predicted octanol–water partition coefficient (Wildman–Crippen LogP) is 3.82. The van der Waals surface area contributed by atoms with Crippen LogP contribution in [-0.4, -0.2) is 63.9 Å². The molecule has 0 saturated carbocycles. The second-order valence-corrected chi connectivity index (χ2v) is 10.5. The number of likely N-dealkylation sites (tertiary alicyclic amines) is 1. The van der Waals surface area contributed by atoms with E-state index in [4.69, 9.17) is 14.5 Å². The van der Waals surface area contributed by atoms with Crippen LogP contribution in [0.2, 0.25) is 0 Å². The number of ether oxygens (including phenoxy) is 2. The van der Waals surface area contributed by atoms with Gasteiger partial charge in [0, 0.05) is 36.9 Å². The Labute approximate surface area is 208 Å².